The van der Waals surface area contributed by atoms with Crippen LogP contribution in [0.1, 0.15) is 40.0 Å². The third kappa shape index (κ3) is 9.56. The minimum atomic E-state index is -5.40. The maximum Gasteiger partial charge on any atom is 0.491 e. The first-order valence-electron chi connectivity index (χ1n) is 13.8. The molecule has 250 valence electrons. The number of nitrogens with two attached hydrogens (primary N) is 1. The maximum atomic E-state index is 13.5. The van der Waals surface area contributed by atoms with E-state index >= 15 is 0 Å². The fraction of sp³-hybridized carbons (Fsp3) is 0.267. The normalized spacial score (nSPS) is 12.1. The lowest BCUT2D eigenvalue weighted by molar-refractivity contribution is -0.217. The SMILES string of the molecule is CCOc1cc(C(Nc2ccc(C(=N)N)cc2)C(=O)NNC(=O)c2ccncc2C)ccc1OC(OC(=O)C(F)(F)F)C(=O)N(C)C. The number of anilines is 1. The van der Waals surface area contributed by atoms with Crippen LogP contribution in [0.5, 0.6) is 11.5 Å². The van der Waals surface area contributed by atoms with E-state index in [9.17, 15) is 32.3 Å². The fourth-order valence-corrected chi connectivity index (χ4v) is 3.88. The number of nitrogen functional groups attached to an aromatic ring is 1. The molecule has 2 atom stereocenters. The highest BCUT2D eigenvalue weighted by Gasteiger charge is 2.44. The Bertz CT molecular complexity index is 1630. The molecular formula is C30H32F3N7O7. The summed E-state index contributed by atoms with van der Waals surface area (Å²) in [6.45, 7) is 3.28. The zero-order valence-corrected chi connectivity index (χ0v) is 25.6. The number of alkyl halides is 3. The van der Waals surface area contributed by atoms with Crippen molar-refractivity contribution in [2.45, 2.75) is 32.4 Å². The molecule has 1 aromatic heterocycles. The number of rotatable bonds is 12. The van der Waals surface area contributed by atoms with Crippen LogP contribution in [0.3, 0.4) is 0 Å². The van der Waals surface area contributed by atoms with Crippen molar-refractivity contribution in [1.29, 1.82) is 5.41 Å². The van der Waals surface area contributed by atoms with Gasteiger partial charge in [0.1, 0.15) is 11.9 Å². The summed E-state index contributed by atoms with van der Waals surface area (Å²) in [5, 5.41) is 10.6. The topological polar surface area (TPSA) is 198 Å². The average molecular weight is 660 g/mol. The molecule has 2 aromatic carbocycles. The number of halogens is 3. The van der Waals surface area contributed by atoms with Crippen molar-refractivity contribution in [2.75, 3.05) is 26.0 Å². The Labute approximate surface area is 266 Å². The molecule has 0 fully saturated rings. The Hall–Kier alpha value is -5.87. The number of nitrogens with zero attached hydrogens (tertiary/aromatic N) is 2. The van der Waals surface area contributed by atoms with Crippen LogP contribution in [-0.4, -0.2) is 72.6 Å². The second-order valence-electron chi connectivity index (χ2n) is 9.93. The van der Waals surface area contributed by atoms with Crippen LogP contribution in [0.25, 0.3) is 0 Å². The number of esters is 1. The molecule has 3 amide bonds. The molecular weight excluding hydrogens is 627 g/mol. The number of aryl methyl sites for hydroxylation is 1. The van der Waals surface area contributed by atoms with Crippen molar-refractivity contribution in [2.24, 2.45) is 5.73 Å². The Morgan fingerprint density at radius 2 is 1.70 bits per heavy atom. The summed E-state index contributed by atoms with van der Waals surface area (Å²) in [5.74, 6) is -5.70. The number of hydrogen-bond acceptors (Lipinski definition) is 10. The summed E-state index contributed by atoms with van der Waals surface area (Å²) >= 11 is 0. The van der Waals surface area contributed by atoms with E-state index < -0.39 is 42.2 Å². The Kier molecular flexibility index (Phi) is 11.7. The predicted molar refractivity (Wildman–Crippen MR) is 161 cm³/mol. The molecule has 0 saturated carbocycles. The number of aromatic nitrogens is 1. The van der Waals surface area contributed by atoms with Crippen LogP contribution in [0.2, 0.25) is 0 Å². The molecule has 47 heavy (non-hydrogen) atoms. The fourth-order valence-electron chi connectivity index (χ4n) is 3.88. The lowest BCUT2D eigenvalue weighted by atomic mass is 10.0. The van der Waals surface area contributed by atoms with Crippen molar-refractivity contribution in [3.8, 4) is 11.5 Å². The maximum absolute atomic E-state index is 13.5. The van der Waals surface area contributed by atoms with Gasteiger partial charge in [0.2, 0.25) is 0 Å². The lowest BCUT2D eigenvalue weighted by Gasteiger charge is -2.24. The summed E-state index contributed by atoms with van der Waals surface area (Å²) in [6.07, 6.45) is -4.83. The van der Waals surface area contributed by atoms with E-state index in [1.54, 1.807) is 38.1 Å². The van der Waals surface area contributed by atoms with Crippen LogP contribution in [0.15, 0.2) is 60.9 Å². The van der Waals surface area contributed by atoms with Crippen molar-refractivity contribution in [3.05, 3.63) is 83.2 Å². The number of pyridine rings is 1. The first-order chi connectivity index (χ1) is 22.1. The average Bonchev–Trinajstić information content (AvgIpc) is 3.02. The van der Waals surface area contributed by atoms with Gasteiger partial charge in [-0.05, 0) is 67.4 Å². The van der Waals surface area contributed by atoms with Crippen molar-refractivity contribution < 1.29 is 46.6 Å². The zero-order valence-electron chi connectivity index (χ0n) is 25.6. The third-order valence-electron chi connectivity index (χ3n) is 6.26. The van der Waals surface area contributed by atoms with Gasteiger partial charge in [-0.15, -0.1) is 0 Å². The van der Waals surface area contributed by atoms with Crippen molar-refractivity contribution in [1.82, 2.24) is 20.7 Å². The summed E-state index contributed by atoms with van der Waals surface area (Å²) in [4.78, 5) is 55.1. The monoisotopic (exact) mass is 659 g/mol. The van der Waals surface area contributed by atoms with Gasteiger partial charge in [-0.25, -0.2) is 4.79 Å². The number of amides is 3. The predicted octanol–water partition coefficient (Wildman–Crippen LogP) is 2.59. The van der Waals surface area contributed by atoms with Gasteiger partial charge in [-0.3, -0.25) is 35.6 Å². The number of carbonyl (C=O) groups is 4. The van der Waals surface area contributed by atoms with Crippen molar-refractivity contribution in [3.63, 3.8) is 0 Å². The Balaban J connectivity index is 1.97. The number of amidine groups is 1. The molecule has 2 unspecified atom stereocenters. The lowest BCUT2D eigenvalue weighted by Crippen LogP contribution is -2.45. The summed E-state index contributed by atoms with van der Waals surface area (Å²) in [7, 11) is 2.44. The molecule has 14 nitrogen and oxygen atoms in total. The number of benzene rings is 2. The van der Waals surface area contributed by atoms with E-state index in [2.05, 4.69) is 25.9 Å². The van der Waals surface area contributed by atoms with Gasteiger partial charge >= 0.3 is 24.3 Å². The largest absolute Gasteiger partial charge is 0.491 e. The molecule has 0 spiro atoms. The van der Waals surface area contributed by atoms with Crippen LogP contribution in [-0.2, 0) is 19.1 Å². The first kappa shape index (κ1) is 35.6. The van der Waals surface area contributed by atoms with Crippen LogP contribution < -0.4 is 31.4 Å². The number of ether oxygens (including phenoxy) is 3. The Morgan fingerprint density at radius 1 is 1.02 bits per heavy atom. The quantitative estimate of drug-likeness (QED) is 0.0633. The zero-order chi connectivity index (χ0) is 34.9. The highest BCUT2D eigenvalue weighted by atomic mass is 19.4. The van der Waals surface area contributed by atoms with E-state index in [1.807, 2.05) is 0 Å². The summed E-state index contributed by atoms with van der Waals surface area (Å²) < 4.78 is 54.1. The second kappa shape index (κ2) is 15.4. The van der Waals surface area contributed by atoms with Gasteiger partial charge < -0.3 is 30.2 Å². The van der Waals surface area contributed by atoms with E-state index in [0.29, 0.717) is 16.8 Å². The number of hydrogen-bond donors (Lipinski definition) is 5. The Morgan fingerprint density at radius 3 is 2.28 bits per heavy atom. The molecule has 0 saturated heterocycles. The van der Waals surface area contributed by atoms with Gasteiger partial charge in [0.15, 0.2) is 11.5 Å². The molecule has 0 radical (unpaired) electrons. The summed E-state index contributed by atoms with van der Waals surface area (Å²) in [6, 6.07) is 10.3. The molecule has 0 aliphatic heterocycles. The molecule has 3 rings (SSSR count). The van der Waals surface area contributed by atoms with Gasteiger partial charge in [-0.1, -0.05) is 6.07 Å². The van der Waals surface area contributed by atoms with Gasteiger partial charge in [0.25, 0.3) is 11.8 Å². The minimum absolute atomic E-state index is 0.0204. The molecule has 6 N–H and O–H groups in total. The van der Waals surface area contributed by atoms with Gasteiger partial charge in [-0.2, -0.15) is 13.2 Å². The smallest absolute Gasteiger partial charge is 0.490 e. The van der Waals surface area contributed by atoms with Crippen LogP contribution in [0.4, 0.5) is 18.9 Å². The van der Waals surface area contributed by atoms with Crippen LogP contribution >= 0.6 is 0 Å². The standard InChI is InChI=1S/C30H32F3N7O7/c1-5-45-22-14-18(8-11-21(22)46-28(27(43)40(3)4)47-29(44)30(31,32)33)23(37-19-9-6-17(7-10-19)24(34)35)26(42)39-38-25(41)20-12-13-36-15-16(20)2/h6-15,23,28,37H,5H2,1-4H3,(H3,34,35)(H,38,41)(H,39,42). The highest BCUT2D eigenvalue weighted by molar-refractivity contribution is 5.97. The number of hydrazine groups is 1. The number of likely N-dealkylation sites (N-methyl/N-ethyl adjacent to an activating group) is 1. The first-order valence-corrected chi connectivity index (χ1v) is 13.8. The minimum Gasteiger partial charge on any atom is -0.490 e. The van der Waals surface area contributed by atoms with Gasteiger partial charge in [0, 0.05) is 43.3 Å². The number of carbonyl (C=O) groups excluding carboxylic acids is 4. The number of nitrogens with one attached hydrogen (secondary N) is 4. The van der Waals surface area contributed by atoms with E-state index in [4.69, 9.17) is 20.6 Å². The molecule has 0 bridgehead atoms. The summed E-state index contributed by atoms with van der Waals surface area (Å²) in [5.41, 5.74) is 12.1. The molecule has 3 aromatic rings. The van der Waals surface area contributed by atoms with Crippen LogP contribution in [0, 0.1) is 12.3 Å². The van der Waals surface area contributed by atoms with Crippen molar-refractivity contribution >= 4 is 35.2 Å². The van der Waals surface area contributed by atoms with E-state index in [1.165, 1.54) is 50.8 Å². The molecule has 17 heteroatoms. The van der Waals surface area contributed by atoms with E-state index in [0.717, 1.165) is 4.90 Å². The van der Waals surface area contributed by atoms with Gasteiger partial charge in [0.05, 0.1) is 6.61 Å². The molecule has 0 aliphatic rings. The highest BCUT2D eigenvalue weighted by Crippen LogP contribution is 2.33. The van der Waals surface area contributed by atoms with E-state index in [-0.39, 0.29) is 35.1 Å². The molecule has 0 aliphatic carbocycles. The molecule has 1 heterocycles. The third-order valence-corrected chi connectivity index (χ3v) is 6.26. The second-order valence-corrected chi connectivity index (χ2v) is 9.93.